The van der Waals surface area contributed by atoms with Gasteiger partial charge in [-0.2, -0.15) is 0 Å². The minimum Gasteiger partial charge on any atom is -0.494 e. The van der Waals surface area contributed by atoms with Crippen molar-refractivity contribution in [3.05, 3.63) is 42.6 Å². The number of unbranched alkanes of at least 4 members (excludes halogenated alkanes) is 7. The number of aromatic nitrogens is 1. The Morgan fingerprint density at radius 2 is 1.43 bits per heavy atom. The van der Waals surface area contributed by atoms with E-state index in [9.17, 15) is 4.39 Å². The third-order valence-corrected chi connectivity index (χ3v) is 5.20. The molecule has 1 aromatic carbocycles. The van der Waals surface area contributed by atoms with Gasteiger partial charge in [0.05, 0.1) is 18.5 Å². The Morgan fingerprint density at radius 3 is 2.13 bits per heavy atom. The summed E-state index contributed by atoms with van der Waals surface area (Å²) in [6.45, 7) is 5.22. The molecule has 30 heavy (non-hydrogen) atoms. The van der Waals surface area contributed by atoms with Crippen LogP contribution in [0.4, 0.5) is 4.39 Å². The fourth-order valence-electron chi connectivity index (χ4n) is 3.32. The molecule has 0 bridgehead atoms. The maximum absolute atomic E-state index is 13.8. The van der Waals surface area contributed by atoms with Crippen LogP contribution in [0.1, 0.15) is 78.1 Å². The van der Waals surface area contributed by atoms with Crippen molar-refractivity contribution in [3.8, 4) is 22.8 Å². The highest BCUT2D eigenvalue weighted by Crippen LogP contribution is 2.23. The largest absolute Gasteiger partial charge is 0.494 e. The summed E-state index contributed by atoms with van der Waals surface area (Å²) in [5, 5.41) is 0. The van der Waals surface area contributed by atoms with E-state index in [0.29, 0.717) is 12.2 Å². The molecule has 0 aliphatic heterocycles. The zero-order valence-electron chi connectivity index (χ0n) is 18.7. The molecule has 0 saturated carbocycles. The summed E-state index contributed by atoms with van der Waals surface area (Å²) in [4.78, 5) is 4.45. The minimum atomic E-state index is -0.917. The van der Waals surface area contributed by atoms with Crippen LogP contribution in [0.15, 0.2) is 42.6 Å². The number of ether oxygens (including phenoxy) is 2. The Bertz CT molecular complexity index is 672. The molecular formula is C26H38FNO2. The summed E-state index contributed by atoms with van der Waals surface area (Å²) in [6.07, 6.45) is 12.0. The Morgan fingerprint density at radius 1 is 0.767 bits per heavy atom. The van der Waals surface area contributed by atoms with Crippen molar-refractivity contribution in [1.29, 1.82) is 0 Å². The van der Waals surface area contributed by atoms with Gasteiger partial charge >= 0.3 is 0 Å². The molecule has 0 aliphatic rings. The fourth-order valence-corrected chi connectivity index (χ4v) is 3.32. The van der Waals surface area contributed by atoms with Crippen LogP contribution in [0.2, 0.25) is 0 Å². The average molecular weight is 416 g/mol. The van der Waals surface area contributed by atoms with E-state index in [1.807, 2.05) is 36.4 Å². The summed E-state index contributed by atoms with van der Waals surface area (Å²) >= 11 is 0. The van der Waals surface area contributed by atoms with Gasteiger partial charge in [0.15, 0.2) is 0 Å². The van der Waals surface area contributed by atoms with Crippen molar-refractivity contribution in [2.24, 2.45) is 0 Å². The van der Waals surface area contributed by atoms with E-state index in [2.05, 4.69) is 18.8 Å². The van der Waals surface area contributed by atoms with E-state index in [1.54, 1.807) is 6.20 Å². The van der Waals surface area contributed by atoms with Gasteiger partial charge in [0.2, 0.25) is 0 Å². The maximum atomic E-state index is 13.8. The molecule has 166 valence electrons. The zero-order valence-corrected chi connectivity index (χ0v) is 18.7. The predicted molar refractivity (Wildman–Crippen MR) is 123 cm³/mol. The van der Waals surface area contributed by atoms with Gasteiger partial charge in [-0.05, 0) is 49.2 Å². The van der Waals surface area contributed by atoms with E-state index in [1.165, 1.54) is 32.1 Å². The first-order valence-electron chi connectivity index (χ1n) is 11.7. The summed E-state index contributed by atoms with van der Waals surface area (Å²) in [5.74, 6) is 1.50. The number of rotatable bonds is 16. The highest BCUT2D eigenvalue weighted by atomic mass is 19.1. The summed E-state index contributed by atoms with van der Waals surface area (Å²) in [6, 6.07) is 11.8. The molecule has 1 heterocycles. The van der Waals surface area contributed by atoms with Crippen LogP contribution in [0.5, 0.6) is 11.5 Å². The second-order valence-electron chi connectivity index (χ2n) is 7.92. The van der Waals surface area contributed by atoms with Crippen molar-refractivity contribution in [2.45, 2.75) is 84.2 Å². The van der Waals surface area contributed by atoms with E-state index in [0.717, 1.165) is 49.3 Å². The van der Waals surface area contributed by atoms with Crippen LogP contribution in [0, 0.1) is 0 Å². The first-order chi connectivity index (χ1) is 14.7. The van der Waals surface area contributed by atoms with Crippen LogP contribution < -0.4 is 9.47 Å². The van der Waals surface area contributed by atoms with Gasteiger partial charge in [-0.25, -0.2) is 4.39 Å². The molecule has 0 radical (unpaired) electrons. The second kappa shape index (κ2) is 14.8. The molecule has 1 atom stereocenters. The normalized spacial score (nSPS) is 12.0. The van der Waals surface area contributed by atoms with Crippen molar-refractivity contribution in [1.82, 2.24) is 4.98 Å². The van der Waals surface area contributed by atoms with Crippen LogP contribution in [0.3, 0.4) is 0 Å². The highest BCUT2D eigenvalue weighted by molar-refractivity contribution is 5.60. The summed E-state index contributed by atoms with van der Waals surface area (Å²) in [5.41, 5.74) is 1.89. The predicted octanol–water partition coefficient (Wildman–Crippen LogP) is 7.79. The molecule has 0 aliphatic carbocycles. The zero-order chi connectivity index (χ0) is 21.4. The van der Waals surface area contributed by atoms with Crippen LogP contribution in [0.25, 0.3) is 11.3 Å². The Hall–Kier alpha value is -2.10. The number of hydrogen-bond donors (Lipinski definition) is 0. The molecule has 4 heteroatoms. The van der Waals surface area contributed by atoms with E-state index in [4.69, 9.17) is 9.47 Å². The molecule has 3 nitrogen and oxygen atoms in total. The van der Waals surface area contributed by atoms with Crippen molar-refractivity contribution in [3.63, 3.8) is 0 Å². The first kappa shape index (κ1) is 24.2. The SMILES string of the molecule is CCCCCCCCOc1ccc(-c2ccc(OCC(F)CCCCC)cn2)cc1. The number of hydrogen-bond acceptors (Lipinski definition) is 3. The number of nitrogens with zero attached hydrogens (tertiary/aromatic N) is 1. The maximum Gasteiger partial charge on any atom is 0.137 e. The van der Waals surface area contributed by atoms with E-state index in [-0.39, 0.29) is 6.61 Å². The van der Waals surface area contributed by atoms with E-state index >= 15 is 0 Å². The molecule has 0 fully saturated rings. The van der Waals surface area contributed by atoms with Gasteiger partial charge in [-0.3, -0.25) is 4.98 Å². The molecule has 2 aromatic rings. The van der Waals surface area contributed by atoms with Gasteiger partial charge in [0, 0.05) is 5.56 Å². The molecule has 1 unspecified atom stereocenters. The van der Waals surface area contributed by atoms with Crippen LogP contribution in [-0.2, 0) is 0 Å². The smallest absolute Gasteiger partial charge is 0.137 e. The van der Waals surface area contributed by atoms with Crippen molar-refractivity contribution < 1.29 is 13.9 Å². The van der Waals surface area contributed by atoms with Gasteiger partial charge in [0.1, 0.15) is 24.3 Å². The number of benzene rings is 1. The number of pyridine rings is 1. The average Bonchev–Trinajstić information content (AvgIpc) is 2.78. The number of alkyl halides is 1. The minimum absolute atomic E-state index is 0.0926. The third kappa shape index (κ3) is 9.60. The quantitative estimate of drug-likeness (QED) is 0.262. The Balaban J connectivity index is 1.71. The lowest BCUT2D eigenvalue weighted by molar-refractivity contribution is 0.183. The molecule has 0 saturated heterocycles. The molecular weight excluding hydrogens is 377 g/mol. The topological polar surface area (TPSA) is 31.4 Å². The standard InChI is InChI=1S/C26H38FNO2/c1-3-5-7-8-9-11-19-29-24-15-13-22(14-16-24)26-18-17-25(20-28-26)30-21-23(27)12-10-6-4-2/h13-18,20,23H,3-12,19,21H2,1-2H3. The summed E-state index contributed by atoms with van der Waals surface area (Å²) in [7, 11) is 0. The third-order valence-electron chi connectivity index (χ3n) is 5.20. The van der Waals surface area contributed by atoms with Gasteiger partial charge in [-0.15, -0.1) is 0 Å². The molecule has 0 amide bonds. The fraction of sp³-hybridized carbons (Fsp3) is 0.577. The van der Waals surface area contributed by atoms with Crippen LogP contribution >= 0.6 is 0 Å². The number of halogens is 1. The van der Waals surface area contributed by atoms with Gasteiger partial charge < -0.3 is 9.47 Å². The van der Waals surface area contributed by atoms with Crippen molar-refractivity contribution in [2.75, 3.05) is 13.2 Å². The second-order valence-corrected chi connectivity index (χ2v) is 7.92. The molecule has 1 aromatic heterocycles. The lowest BCUT2D eigenvalue weighted by Gasteiger charge is -2.11. The lowest BCUT2D eigenvalue weighted by Crippen LogP contribution is -2.12. The highest BCUT2D eigenvalue weighted by Gasteiger charge is 2.08. The Kier molecular flexibility index (Phi) is 11.9. The Labute approximate surface area is 182 Å². The molecule has 0 spiro atoms. The van der Waals surface area contributed by atoms with Crippen molar-refractivity contribution >= 4 is 0 Å². The molecule has 0 N–H and O–H groups in total. The monoisotopic (exact) mass is 415 g/mol. The lowest BCUT2D eigenvalue weighted by atomic mass is 10.1. The van der Waals surface area contributed by atoms with Gasteiger partial charge in [0.25, 0.3) is 0 Å². The molecule has 2 rings (SSSR count). The van der Waals surface area contributed by atoms with Gasteiger partial charge in [-0.1, -0.05) is 65.2 Å². The van der Waals surface area contributed by atoms with E-state index < -0.39 is 6.17 Å². The summed E-state index contributed by atoms with van der Waals surface area (Å²) < 4.78 is 25.2. The van der Waals surface area contributed by atoms with Crippen LogP contribution in [-0.4, -0.2) is 24.4 Å². The first-order valence-corrected chi connectivity index (χ1v) is 11.7.